The topological polar surface area (TPSA) is 17.1 Å². The Bertz CT molecular complexity index is 345. The van der Waals surface area contributed by atoms with E-state index in [-0.39, 0.29) is 5.41 Å². The molecule has 3 saturated carbocycles. The fourth-order valence-electron chi connectivity index (χ4n) is 5.17. The first-order valence-corrected chi connectivity index (χ1v) is 5.95. The average Bonchev–Trinajstić information content (AvgIpc) is 2.69. The van der Waals surface area contributed by atoms with Gasteiger partial charge in [0.25, 0.3) is 0 Å². The lowest BCUT2D eigenvalue weighted by Crippen LogP contribution is -2.17. The van der Waals surface area contributed by atoms with Crippen LogP contribution in [0, 0.1) is 28.6 Å². The number of carbonyl (C=O) groups excluding carboxylic acids is 1. The molecule has 14 heavy (non-hydrogen) atoms. The molecule has 0 aromatic rings. The van der Waals surface area contributed by atoms with Crippen LogP contribution in [-0.4, -0.2) is 6.29 Å². The highest BCUT2D eigenvalue weighted by Crippen LogP contribution is 2.83. The highest BCUT2D eigenvalue weighted by atomic mass is 16.1. The lowest BCUT2D eigenvalue weighted by Gasteiger charge is -2.17. The Morgan fingerprint density at radius 1 is 1.43 bits per heavy atom. The van der Waals surface area contributed by atoms with Gasteiger partial charge < -0.3 is 4.79 Å². The van der Waals surface area contributed by atoms with Gasteiger partial charge in [0.2, 0.25) is 0 Å². The van der Waals surface area contributed by atoms with E-state index < -0.39 is 0 Å². The molecule has 2 bridgehead atoms. The summed E-state index contributed by atoms with van der Waals surface area (Å²) in [5.41, 5.74) is 0.645. The van der Waals surface area contributed by atoms with Crippen molar-refractivity contribution in [1.29, 1.82) is 0 Å². The molecule has 5 atom stereocenters. The standard InChI is InChI=1S/C13H16O/c14-8-13-7-12(13)5-4-9-2-1-3-10(13)6-11(9)12/h1-2,8-11H,3-7H2. The maximum Gasteiger partial charge on any atom is 0.127 e. The van der Waals surface area contributed by atoms with Gasteiger partial charge >= 0.3 is 0 Å². The Labute approximate surface area is 84.6 Å². The zero-order chi connectivity index (χ0) is 9.39. The molecule has 1 nitrogen and oxygen atoms in total. The van der Waals surface area contributed by atoms with Crippen molar-refractivity contribution >= 4 is 6.29 Å². The number of carbonyl (C=O) groups is 1. The maximum absolute atomic E-state index is 11.4. The SMILES string of the molecule is O=CC12CC13CCC1C=CCC2CC13. The first kappa shape index (κ1) is 7.67. The second kappa shape index (κ2) is 2.00. The van der Waals surface area contributed by atoms with Gasteiger partial charge in [-0.15, -0.1) is 0 Å². The van der Waals surface area contributed by atoms with Gasteiger partial charge in [0.1, 0.15) is 6.29 Å². The van der Waals surface area contributed by atoms with Crippen LogP contribution >= 0.6 is 0 Å². The van der Waals surface area contributed by atoms with E-state index in [4.69, 9.17) is 0 Å². The number of rotatable bonds is 1. The van der Waals surface area contributed by atoms with Gasteiger partial charge in [-0.25, -0.2) is 0 Å². The maximum atomic E-state index is 11.4. The van der Waals surface area contributed by atoms with Gasteiger partial charge in [-0.2, -0.15) is 0 Å². The van der Waals surface area contributed by atoms with Crippen LogP contribution in [0.25, 0.3) is 0 Å². The Hall–Kier alpha value is -0.590. The molecular formula is C13H16O. The van der Waals surface area contributed by atoms with Gasteiger partial charge in [-0.1, -0.05) is 12.2 Å². The van der Waals surface area contributed by atoms with Crippen molar-refractivity contribution in [1.82, 2.24) is 0 Å². The molecule has 4 aliphatic carbocycles. The first-order valence-electron chi connectivity index (χ1n) is 5.95. The number of hydrogen-bond donors (Lipinski definition) is 0. The minimum Gasteiger partial charge on any atom is -0.303 e. The van der Waals surface area contributed by atoms with Gasteiger partial charge in [0, 0.05) is 5.41 Å². The highest BCUT2D eigenvalue weighted by Gasteiger charge is 2.79. The second-order valence-corrected chi connectivity index (χ2v) is 5.90. The Balaban J connectivity index is 1.90. The van der Waals surface area contributed by atoms with Gasteiger partial charge in [0.15, 0.2) is 0 Å². The van der Waals surface area contributed by atoms with Crippen LogP contribution in [-0.2, 0) is 4.79 Å². The third-order valence-electron chi connectivity index (χ3n) is 5.84. The Kier molecular flexibility index (Phi) is 1.10. The zero-order valence-corrected chi connectivity index (χ0v) is 8.41. The predicted molar refractivity (Wildman–Crippen MR) is 53.6 cm³/mol. The lowest BCUT2D eigenvalue weighted by molar-refractivity contribution is -0.114. The monoisotopic (exact) mass is 188 g/mol. The van der Waals surface area contributed by atoms with E-state index in [1.54, 1.807) is 0 Å². The van der Waals surface area contributed by atoms with Crippen LogP contribution in [0.4, 0.5) is 0 Å². The summed E-state index contributed by atoms with van der Waals surface area (Å²) in [4.78, 5) is 11.4. The third-order valence-corrected chi connectivity index (χ3v) is 5.84. The molecule has 0 amide bonds. The van der Waals surface area contributed by atoms with Gasteiger partial charge in [-0.05, 0) is 55.3 Å². The predicted octanol–water partition coefficient (Wildman–Crippen LogP) is 2.57. The van der Waals surface area contributed by atoms with Crippen molar-refractivity contribution in [3.05, 3.63) is 12.2 Å². The van der Waals surface area contributed by atoms with Crippen LogP contribution in [0.2, 0.25) is 0 Å². The molecule has 0 saturated heterocycles. The Morgan fingerprint density at radius 3 is 3.21 bits per heavy atom. The summed E-state index contributed by atoms with van der Waals surface area (Å²) in [6, 6.07) is 0. The fraction of sp³-hybridized carbons (Fsp3) is 0.769. The number of hydrogen-bond acceptors (Lipinski definition) is 1. The molecule has 0 aliphatic heterocycles. The molecule has 1 spiro atoms. The van der Waals surface area contributed by atoms with Crippen LogP contribution < -0.4 is 0 Å². The molecule has 4 aliphatic rings. The van der Waals surface area contributed by atoms with Crippen molar-refractivity contribution in [3.63, 3.8) is 0 Å². The zero-order valence-electron chi connectivity index (χ0n) is 8.41. The van der Waals surface area contributed by atoms with Gasteiger partial charge in [-0.3, -0.25) is 0 Å². The smallest absolute Gasteiger partial charge is 0.127 e. The van der Waals surface area contributed by atoms with Crippen molar-refractivity contribution in [3.8, 4) is 0 Å². The molecule has 0 aromatic carbocycles. The minimum atomic E-state index is 0.150. The molecule has 0 radical (unpaired) electrons. The molecule has 0 aromatic heterocycles. The molecule has 4 rings (SSSR count). The number of fused-ring (bicyclic) bond motifs is 2. The summed E-state index contributed by atoms with van der Waals surface area (Å²) in [5.74, 6) is 2.40. The van der Waals surface area contributed by atoms with Crippen molar-refractivity contribution in [2.75, 3.05) is 0 Å². The second-order valence-electron chi connectivity index (χ2n) is 5.90. The summed E-state index contributed by atoms with van der Waals surface area (Å²) in [5, 5.41) is 0. The summed E-state index contributed by atoms with van der Waals surface area (Å²) in [7, 11) is 0. The third kappa shape index (κ3) is 0.550. The normalized spacial score (nSPS) is 62.1. The summed E-state index contributed by atoms with van der Waals surface area (Å²) < 4.78 is 0. The average molecular weight is 188 g/mol. The molecule has 5 unspecified atom stereocenters. The largest absolute Gasteiger partial charge is 0.303 e. The molecular weight excluding hydrogens is 172 g/mol. The molecule has 0 N–H and O–H groups in total. The molecule has 1 heteroatoms. The molecule has 0 heterocycles. The van der Waals surface area contributed by atoms with Crippen molar-refractivity contribution in [2.24, 2.45) is 28.6 Å². The van der Waals surface area contributed by atoms with Crippen molar-refractivity contribution < 1.29 is 4.79 Å². The van der Waals surface area contributed by atoms with E-state index >= 15 is 0 Å². The summed E-state index contributed by atoms with van der Waals surface area (Å²) in [6.07, 6.45) is 12.6. The van der Waals surface area contributed by atoms with E-state index in [0.717, 1.165) is 11.8 Å². The lowest BCUT2D eigenvalue weighted by atomic mass is 9.86. The quantitative estimate of drug-likeness (QED) is 0.456. The molecule has 3 fully saturated rings. The van der Waals surface area contributed by atoms with Crippen LogP contribution in [0.1, 0.15) is 32.1 Å². The van der Waals surface area contributed by atoms with Crippen LogP contribution in [0.5, 0.6) is 0 Å². The van der Waals surface area contributed by atoms with E-state index in [1.807, 2.05) is 0 Å². The van der Waals surface area contributed by atoms with Crippen LogP contribution in [0.3, 0.4) is 0 Å². The first-order chi connectivity index (χ1) is 6.82. The number of aldehydes is 1. The highest BCUT2D eigenvalue weighted by molar-refractivity contribution is 5.70. The van der Waals surface area contributed by atoms with E-state index in [0.29, 0.717) is 11.3 Å². The number of allylic oxidation sites excluding steroid dienone is 2. The van der Waals surface area contributed by atoms with Gasteiger partial charge in [0.05, 0.1) is 0 Å². The minimum absolute atomic E-state index is 0.150. The summed E-state index contributed by atoms with van der Waals surface area (Å²) in [6.45, 7) is 0. The Morgan fingerprint density at radius 2 is 2.36 bits per heavy atom. The van der Waals surface area contributed by atoms with Crippen LogP contribution in [0.15, 0.2) is 12.2 Å². The molecule has 74 valence electrons. The van der Waals surface area contributed by atoms with Crippen molar-refractivity contribution in [2.45, 2.75) is 32.1 Å². The fourth-order valence-corrected chi connectivity index (χ4v) is 5.17. The van der Waals surface area contributed by atoms with E-state index in [1.165, 1.54) is 38.4 Å². The summed E-state index contributed by atoms with van der Waals surface area (Å²) >= 11 is 0. The van der Waals surface area contributed by atoms with E-state index in [9.17, 15) is 4.79 Å². The van der Waals surface area contributed by atoms with E-state index in [2.05, 4.69) is 12.2 Å².